The minimum absolute atomic E-state index is 0.0938. The minimum Gasteiger partial charge on any atom is -0.302 e. The molecule has 0 saturated heterocycles. The lowest BCUT2D eigenvalue weighted by atomic mass is 9.86. The fourth-order valence-electron chi connectivity index (χ4n) is 9.23. The minimum atomic E-state index is -0.0938. The molecule has 256 valence electrons. The lowest BCUT2D eigenvalue weighted by Gasteiger charge is -2.40. The van der Waals surface area contributed by atoms with Crippen molar-refractivity contribution in [3.63, 3.8) is 0 Å². The van der Waals surface area contributed by atoms with Gasteiger partial charge >= 0.3 is 0 Å². The lowest BCUT2D eigenvalue weighted by Crippen LogP contribution is -2.33. The van der Waals surface area contributed by atoms with E-state index in [1.54, 1.807) is 0 Å². The van der Waals surface area contributed by atoms with Gasteiger partial charge < -0.3 is 4.90 Å². The summed E-state index contributed by atoms with van der Waals surface area (Å²) in [6.45, 7) is 0. The van der Waals surface area contributed by atoms with Crippen LogP contribution in [-0.4, -0.2) is 9.13 Å². The summed E-state index contributed by atoms with van der Waals surface area (Å²) in [4.78, 5) is 32.6. The maximum atomic E-state index is 15.2. The third-order valence-corrected chi connectivity index (χ3v) is 11.5. The molecular weight excluding hydrogens is 675 g/mol. The highest BCUT2D eigenvalue weighted by molar-refractivity contribution is 6.33. The summed E-state index contributed by atoms with van der Waals surface area (Å²) >= 11 is 0. The van der Waals surface area contributed by atoms with Crippen LogP contribution in [0.3, 0.4) is 0 Å². The van der Waals surface area contributed by atoms with E-state index in [-0.39, 0.29) is 11.1 Å². The van der Waals surface area contributed by atoms with E-state index in [4.69, 9.17) is 0 Å². The first kappa shape index (κ1) is 30.0. The van der Waals surface area contributed by atoms with Crippen molar-refractivity contribution in [1.82, 2.24) is 9.13 Å². The topological polar surface area (TPSA) is 47.2 Å². The van der Waals surface area contributed by atoms with Crippen LogP contribution in [0, 0.1) is 0 Å². The van der Waals surface area contributed by atoms with E-state index in [1.165, 1.54) is 0 Å². The van der Waals surface area contributed by atoms with Crippen LogP contribution in [0.5, 0.6) is 0 Å². The normalized spacial score (nSPS) is 12.5. The zero-order valence-corrected chi connectivity index (χ0v) is 29.4. The SMILES string of the molecule is O=c1c2ccccc2c2c(-c3ccccc3)c3c4ccccc4c(=O)n4c3c3c2n1-c1cc(-c2ccccc2)ccc1N3c1ccc(-c2ccccc2)cc1-4. The molecule has 5 nitrogen and oxygen atoms in total. The molecule has 0 N–H and O–H groups in total. The highest BCUT2D eigenvalue weighted by atomic mass is 16.1. The second-order valence-corrected chi connectivity index (χ2v) is 14.4. The van der Waals surface area contributed by atoms with Gasteiger partial charge in [-0.2, -0.15) is 0 Å². The van der Waals surface area contributed by atoms with Crippen molar-refractivity contribution in [3.05, 3.63) is 197 Å². The fraction of sp³-hybridized carbons (Fsp3) is 0. The third kappa shape index (κ3) is 3.96. The zero-order chi connectivity index (χ0) is 36.4. The molecule has 8 aromatic carbocycles. The molecule has 0 fully saturated rings. The number of benzene rings is 8. The van der Waals surface area contributed by atoms with E-state index in [2.05, 4.69) is 102 Å². The second-order valence-electron chi connectivity index (χ2n) is 14.4. The van der Waals surface area contributed by atoms with E-state index >= 15 is 9.59 Å². The molecule has 2 aliphatic rings. The van der Waals surface area contributed by atoms with Crippen LogP contribution in [0.1, 0.15) is 0 Å². The van der Waals surface area contributed by atoms with Crippen LogP contribution in [0.4, 0.5) is 17.1 Å². The molecule has 2 aromatic heterocycles. The number of rotatable bonds is 3. The van der Waals surface area contributed by atoms with Gasteiger partial charge in [0.05, 0.1) is 39.5 Å². The Kier molecular flexibility index (Phi) is 6.01. The van der Waals surface area contributed by atoms with Gasteiger partial charge in [-0.15, -0.1) is 0 Å². The molecule has 2 aliphatic heterocycles. The highest BCUT2D eigenvalue weighted by Crippen LogP contribution is 2.57. The molecule has 4 heterocycles. The van der Waals surface area contributed by atoms with Crippen molar-refractivity contribution in [2.45, 2.75) is 0 Å². The molecule has 0 spiro atoms. The molecule has 12 rings (SSSR count). The predicted molar refractivity (Wildman–Crippen MR) is 226 cm³/mol. The number of hydrogen-bond acceptors (Lipinski definition) is 3. The zero-order valence-electron chi connectivity index (χ0n) is 29.4. The van der Waals surface area contributed by atoms with Crippen LogP contribution in [0.2, 0.25) is 0 Å². The first-order valence-electron chi connectivity index (χ1n) is 18.5. The molecule has 10 aromatic rings. The number of anilines is 3. The summed E-state index contributed by atoms with van der Waals surface area (Å²) in [5.41, 5.74) is 11.7. The molecule has 0 radical (unpaired) electrons. The Morgan fingerprint density at radius 1 is 0.327 bits per heavy atom. The quantitative estimate of drug-likeness (QED) is 0.136. The van der Waals surface area contributed by atoms with Crippen LogP contribution < -0.4 is 16.0 Å². The molecule has 0 bridgehead atoms. The smallest absolute Gasteiger partial charge is 0.263 e. The third-order valence-electron chi connectivity index (χ3n) is 11.5. The summed E-state index contributed by atoms with van der Waals surface area (Å²) in [7, 11) is 0. The van der Waals surface area contributed by atoms with Crippen molar-refractivity contribution in [1.29, 1.82) is 0 Å². The summed E-state index contributed by atoms with van der Waals surface area (Å²) < 4.78 is 3.84. The van der Waals surface area contributed by atoms with Crippen LogP contribution in [0.15, 0.2) is 186 Å². The highest BCUT2D eigenvalue weighted by Gasteiger charge is 2.38. The summed E-state index contributed by atoms with van der Waals surface area (Å²) in [6, 6.07) is 59.8. The Balaban J connectivity index is 1.39. The van der Waals surface area contributed by atoms with E-state index < -0.39 is 0 Å². The average Bonchev–Trinajstić information content (AvgIpc) is 3.26. The standard InChI is InChI=1S/C50H29N3O2/c54-49-37-22-12-10-20-35(37)44-43(32-18-8-3-9-19-32)45-36-21-11-13-23-38(36)50(55)53-42-29-34(31-16-6-2-7-17-31)25-27-40(42)51-39-26-24-33(30-14-4-1-5-15-30)28-41(39)52(49)46(44)48(51)47(45)53/h1-29H. The Bertz CT molecular complexity index is 3200. The molecule has 0 atom stereocenters. The van der Waals surface area contributed by atoms with Gasteiger partial charge in [-0.1, -0.05) is 140 Å². The van der Waals surface area contributed by atoms with Gasteiger partial charge in [0.15, 0.2) is 0 Å². The number of aromatic nitrogens is 2. The van der Waals surface area contributed by atoms with Gasteiger partial charge in [-0.25, -0.2) is 0 Å². The first-order valence-corrected chi connectivity index (χ1v) is 18.5. The van der Waals surface area contributed by atoms with E-state index in [9.17, 15) is 0 Å². The van der Waals surface area contributed by atoms with Crippen molar-refractivity contribution in [3.8, 4) is 44.8 Å². The molecule has 5 heteroatoms. The van der Waals surface area contributed by atoms with Gasteiger partial charge in [0.25, 0.3) is 11.1 Å². The Morgan fingerprint density at radius 3 is 1.15 bits per heavy atom. The fourth-order valence-corrected chi connectivity index (χ4v) is 9.23. The van der Waals surface area contributed by atoms with Crippen molar-refractivity contribution in [2.75, 3.05) is 4.90 Å². The van der Waals surface area contributed by atoms with Crippen LogP contribution in [-0.2, 0) is 0 Å². The second kappa shape index (κ2) is 11.0. The van der Waals surface area contributed by atoms with Gasteiger partial charge in [0.2, 0.25) is 0 Å². The molecule has 0 aliphatic carbocycles. The van der Waals surface area contributed by atoms with Crippen molar-refractivity contribution < 1.29 is 0 Å². The molecule has 55 heavy (non-hydrogen) atoms. The monoisotopic (exact) mass is 703 g/mol. The maximum absolute atomic E-state index is 15.2. The average molecular weight is 704 g/mol. The van der Waals surface area contributed by atoms with Crippen molar-refractivity contribution in [2.24, 2.45) is 0 Å². The van der Waals surface area contributed by atoms with E-state index in [0.717, 1.165) is 94.4 Å². The van der Waals surface area contributed by atoms with Gasteiger partial charge in [0.1, 0.15) is 0 Å². The van der Waals surface area contributed by atoms with Crippen molar-refractivity contribution >= 4 is 60.4 Å². The van der Waals surface area contributed by atoms with Gasteiger partial charge in [-0.05, 0) is 75.0 Å². The molecule has 0 amide bonds. The largest absolute Gasteiger partial charge is 0.302 e. The number of fused-ring (bicyclic) bond motifs is 10. The molecular formula is C50H29N3O2. The number of nitrogens with zero attached hydrogens (tertiary/aromatic N) is 3. The lowest BCUT2D eigenvalue weighted by molar-refractivity contribution is 0.987. The Hall–Kier alpha value is -7.50. The van der Waals surface area contributed by atoms with Crippen LogP contribution >= 0.6 is 0 Å². The van der Waals surface area contributed by atoms with E-state index in [1.807, 2.05) is 88.0 Å². The van der Waals surface area contributed by atoms with Gasteiger partial charge in [-0.3, -0.25) is 18.7 Å². The maximum Gasteiger partial charge on any atom is 0.263 e. The summed E-state index contributed by atoms with van der Waals surface area (Å²) in [5.74, 6) is 0. The predicted octanol–water partition coefficient (Wildman–Crippen LogP) is 11.7. The summed E-state index contributed by atoms with van der Waals surface area (Å²) in [6.07, 6.45) is 0. The first-order chi connectivity index (χ1) is 27.2. The van der Waals surface area contributed by atoms with E-state index in [0.29, 0.717) is 10.8 Å². The number of hydrogen-bond donors (Lipinski definition) is 0. The number of pyridine rings is 2. The molecule has 0 saturated carbocycles. The van der Waals surface area contributed by atoms with Crippen LogP contribution in [0.25, 0.3) is 88.1 Å². The van der Waals surface area contributed by atoms with Gasteiger partial charge in [0, 0.05) is 27.1 Å². The summed E-state index contributed by atoms with van der Waals surface area (Å²) in [5, 5.41) is 5.00. The Morgan fingerprint density at radius 2 is 0.709 bits per heavy atom. The molecule has 0 unspecified atom stereocenters. The Labute approximate surface area is 314 Å².